The predicted molar refractivity (Wildman–Crippen MR) is 78.1 cm³/mol. The molecule has 3 heterocycles. The van der Waals surface area contributed by atoms with Crippen molar-refractivity contribution in [1.82, 2.24) is 29.8 Å². The highest BCUT2D eigenvalue weighted by Gasteiger charge is 2.28. The highest BCUT2D eigenvalue weighted by molar-refractivity contribution is 4.96. The minimum Gasteiger partial charge on any atom is -0.374 e. The average molecular weight is 306 g/mol. The molecule has 2 aromatic rings. The number of aromatic nitrogens is 5. The molecule has 1 fully saturated rings. The van der Waals surface area contributed by atoms with Crippen LogP contribution in [0.1, 0.15) is 44.4 Å². The zero-order chi connectivity index (χ0) is 15.5. The Labute approximate surface area is 129 Å². The average Bonchev–Trinajstić information content (AvgIpc) is 3.18. The number of nitrogens with zero attached hydrogens (tertiary/aromatic N) is 6. The molecule has 2 atom stereocenters. The first-order valence-electron chi connectivity index (χ1n) is 7.65. The maximum atomic E-state index is 5.81. The van der Waals surface area contributed by atoms with Crippen LogP contribution in [0.2, 0.25) is 0 Å². The quantitative estimate of drug-likeness (QED) is 0.822. The van der Waals surface area contributed by atoms with Gasteiger partial charge in [0.25, 0.3) is 0 Å². The third-order valence-corrected chi connectivity index (χ3v) is 3.91. The molecule has 0 radical (unpaired) electrons. The number of ether oxygens (including phenoxy) is 1. The van der Waals surface area contributed by atoms with Gasteiger partial charge in [0, 0.05) is 19.0 Å². The molecule has 22 heavy (non-hydrogen) atoms. The van der Waals surface area contributed by atoms with Crippen LogP contribution in [0.5, 0.6) is 0 Å². The lowest BCUT2D eigenvalue weighted by molar-refractivity contribution is -0.0532. The van der Waals surface area contributed by atoms with E-state index in [1.54, 1.807) is 11.0 Å². The van der Waals surface area contributed by atoms with Gasteiger partial charge in [-0.05, 0) is 6.92 Å². The van der Waals surface area contributed by atoms with Gasteiger partial charge in [0.1, 0.15) is 12.7 Å². The van der Waals surface area contributed by atoms with E-state index in [9.17, 15) is 0 Å². The summed E-state index contributed by atoms with van der Waals surface area (Å²) < 4.78 is 13.0. The highest BCUT2D eigenvalue weighted by atomic mass is 16.5. The SMILES string of the molecule is CC(C)c1noc([C@@H](C)N2CCO[C@H](Cn3cncn3)C2)n1. The lowest BCUT2D eigenvalue weighted by Gasteiger charge is -2.35. The lowest BCUT2D eigenvalue weighted by atomic mass is 10.2. The second-order valence-electron chi connectivity index (χ2n) is 5.93. The predicted octanol–water partition coefficient (Wildman–Crippen LogP) is 1.25. The van der Waals surface area contributed by atoms with E-state index in [0.29, 0.717) is 19.0 Å². The number of hydrogen-bond donors (Lipinski definition) is 0. The molecule has 0 N–H and O–H groups in total. The standard InChI is InChI=1S/C14H22N6O2/c1-10(2)13-17-14(22-18-13)11(3)19-4-5-21-12(6-19)7-20-9-15-8-16-20/h8-12H,4-7H2,1-3H3/t11-,12+/m1/s1. The summed E-state index contributed by atoms with van der Waals surface area (Å²) in [6.45, 7) is 9.26. The van der Waals surface area contributed by atoms with Gasteiger partial charge in [0.2, 0.25) is 5.89 Å². The zero-order valence-electron chi connectivity index (χ0n) is 13.2. The first-order valence-corrected chi connectivity index (χ1v) is 7.65. The van der Waals surface area contributed by atoms with E-state index in [4.69, 9.17) is 9.26 Å². The van der Waals surface area contributed by atoms with E-state index in [0.717, 1.165) is 18.9 Å². The monoisotopic (exact) mass is 306 g/mol. The van der Waals surface area contributed by atoms with Gasteiger partial charge in [-0.25, -0.2) is 4.98 Å². The van der Waals surface area contributed by atoms with Gasteiger partial charge in [-0.3, -0.25) is 9.58 Å². The van der Waals surface area contributed by atoms with Crippen LogP contribution in [0.25, 0.3) is 0 Å². The Morgan fingerprint density at radius 1 is 1.36 bits per heavy atom. The molecule has 8 nitrogen and oxygen atoms in total. The Morgan fingerprint density at radius 3 is 2.91 bits per heavy atom. The fourth-order valence-corrected chi connectivity index (χ4v) is 2.55. The van der Waals surface area contributed by atoms with Gasteiger partial charge in [-0.15, -0.1) is 0 Å². The molecule has 0 spiro atoms. The summed E-state index contributed by atoms with van der Waals surface area (Å²) in [5.41, 5.74) is 0. The van der Waals surface area contributed by atoms with Crippen molar-refractivity contribution in [3.8, 4) is 0 Å². The first-order chi connectivity index (χ1) is 10.6. The van der Waals surface area contributed by atoms with Crippen LogP contribution in [-0.2, 0) is 11.3 Å². The number of hydrogen-bond acceptors (Lipinski definition) is 7. The molecular formula is C14H22N6O2. The fourth-order valence-electron chi connectivity index (χ4n) is 2.55. The van der Waals surface area contributed by atoms with Crippen LogP contribution in [0, 0.1) is 0 Å². The summed E-state index contributed by atoms with van der Waals surface area (Å²) in [6, 6.07) is 0.0853. The molecule has 2 aromatic heterocycles. The smallest absolute Gasteiger partial charge is 0.243 e. The van der Waals surface area contributed by atoms with E-state index in [1.807, 2.05) is 0 Å². The van der Waals surface area contributed by atoms with E-state index >= 15 is 0 Å². The van der Waals surface area contributed by atoms with Crippen molar-refractivity contribution in [2.45, 2.75) is 45.4 Å². The Bertz CT molecular complexity index is 582. The fraction of sp³-hybridized carbons (Fsp3) is 0.714. The Morgan fingerprint density at radius 2 is 2.23 bits per heavy atom. The van der Waals surface area contributed by atoms with E-state index in [1.165, 1.54) is 6.33 Å². The van der Waals surface area contributed by atoms with Crippen molar-refractivity contribution in [1.29, 1.82) is 0 Å². The van der Waals surface area contributed by atoms with E-state index in [-0.39, 0.29) is 18.1 Å². The molecule has 8 heteroatoms. The third-order valence-electron chi connectivity index (χ3n) is 3.91. The molecule has 1 aliphatic rings. The molecule has 0 aliphatic carbocycles. The molecule has 0 amide bonds. The maximum absolute atomic E-state index is 5.81. The van der Waals surface area contributed by atoms with E-state index in [2.05, 4.69) is 45.9 Å². The lowest BCUT2D eigenvalue weighted by Crippen LogP contribution is -2.45. The zero-order valence-corrected chi connectivity index (χ0v) is 13.2. The largest absolute Gasteiger partial charge is 0.374 e. The van der Waals surface area contributed by atoms with Crippen molar-refractivity contribution >= 4 is 0 Å². The Kier molecular flexibility index (Phi) is 4.49. The summed E-state index contributed by atoms with van der Waals surface area (Å²) in [5.74, 6) is 1.70. The molecule has 0 saturated carbocycles. The molecular weight excluding hydrogens is 284 g/mol. The molecule has 0 bridgehead atoms. The first kappa shape index (κ1) is 15.1. The molecule has 120 valence electrons. The van der Waals surface area contributed by atoms with Crippen molar-refractivity contribution in [2.75, 3.05) is 19.7 Å². The van der Waals surface area contributed by atoms with Gasteiger partial charge in [-0.2, -0.15) is 10.1 Å². The molecule has 1 saturated heterocycles. The Balaban J connectivity index is 1.63. The number of rotatable bonds is 5. The molecule has 1 aliphatic heterocycles. The van der Waals surface area contributed by atoms with Crippen molar-refractivity contribution in [2.24, 2.45) is 0 Å². The van der Waals surface area contributed by atoms with Gasteiger partial charge in [0.15, 0.2) is 5.82 Å². The topological polar surface area (TPSA) is 82.1 Å². The summed E-state index contributed by atoms with van der Waals surface area (Å²) in [5, 5.41) is 8.17. The molecule has 0 aromatic carbocycles. The van der Waals surface area contributed by atoms with Crippen LogP contribution in [0.15, 0.2) is 17.2 Å². The van der Waals surface area contributed by atoms with Crippen molar-refractivity contribution in [3.63, 3.8) is 0 Å². The van der Waals surface area contributed by atoms with Crippen LogP contribution in [-0.4, -0.2) is 55.6 Å². The molecule has 0 unspecified atom stereocenters. The van der Waals surface area contributed by atoms with Crippen LogP contribution >= 0.6 is 0 Å². The van der Waals surface area contributed by atoms with Crippen molar-refractivity contribution in [3.05, 3.63) is 24.4 Å². The third kappa shape index (κ3) is 3.33. The maximum Gasteiger partial charge on any atom is 0.243 e. The van der Waals surface area contributed by atoms with Gasteiger partial charge in [0.05, 0.1) is 25.3 Å². The van der Waals surface area contributed by atoms with Gasteiger partial charge in [-0.1, -0.05) is 19.0 Å². The van der Waals surface area contributed by atoms with E-state index < -0.39 is 0 Å². The minimum atomic E-state index is 0.0853. The highest BCUT2D eigenvalue weighted by Crippen LogP contribution is 2.23. The minimum absolute atomic E-state index is 0.0853. The summed E-state index contributed by atoms with van der Waals surface area (Å²) in [4.78, 5) is 10.8. The normalized spacial score (nSPS) is 21.4. The van der Waals surface area contributed by atoms with Crippen LogP contribution in [0.3, 0.4) is 0 Å². The Hall–Kier alpha value is -1.80. The van der Waals surface area contributed by atoms with Crippen LogP contribution < -0.4 is 0 Å². The van der Waals surface area contributed by atoms with Crippen LogP contribution in [0.4, 0.5) is 0 Å². The summed E-state index contributed by atoms with van der Waals surface area (Å²) in [7, 11) is 0. The molecule has 3 rings (SSSR count). The van der Waals surface area contributed by atoms with Gasteiger partial charge < -0.3 is 9.26 Å². The van der Waals surface area contributed by atoms with Gasteiger partial charge >= 0.3 is 0 Å². The second kappa shape index (κ2) is 6.53. The summed E-state index contributed by atoms with van der Waals surface area (Å²) >= 11 is 0. The second-order valence-corrected chi connectivity index (χ2v) is 5.93. The van der Waals surface area contributed by atoms with Crippen molar-refractivity contribution < 1.29 is 9.26 Å². The number of morpholine rings is 1. The summed E-state index contributed by atoms with van der Waals surface area (Å²) in [6.07, 6.45) is 3.33.